The number of piperazine rings is 1. The van der Waals surface area contributed by atoms with Crippen LogP contribution in [0.4, 0.5) is 0 Å². The second kappa shape index (κ2) is 76.9. The molecule has 0 spiro atoms. The third-order valence-electron chi connectivity index (χ3n) is 23.5. The maximum Gasteiger partial charge on any atom is 0.236 e. The molecule has 0 saturated carbocycles. The molecule has 6 saturated heterocycles. The Hall–Kier alpha value is -5.70. The summed E-state index contributed by atoms with van der Waals surface area (Å²) in [7, 11) is 18.0. The molecule has 137 heavy (non-hydrogen) atoms. The van der Waals surface area contributed by atoms with E-state index in [4.69, 9.17) is 14.2 Å². The van der Waals surface area contributed by atoms with Crippen LogP contribution in [0.1, 0.15) is 250 Å². The molecular formula is C108H216N18O11. The Kier molecular flexibility index (Phi) is 74.9. The number of carbonyl (C=O) groups excluding carboxylic acids is 8. The summed E-state index contributed by atoms with van der Waals surface area (Å²) in [5, 5.41) is 8.69. The van der Waals surface area contributed by atoms with Crippen molar-refractivity contribution >= 4 is 47.3 Å². The molecule has 6 aliphatic heterocycles. The number of nitrogens with zero attached hydrogens (tertiary/aromatic N) is 15. The molecule has 1 aromatic rings. The van der Waals surface area contributed by atoms with Gasteiger partial charge in [0.2, 0.25) is 47.3 Å². The van der Waals surface area contributed by atoms with Crippen LogP contribution in [0.15, 0.2) is 24.3 Å². The highest BCUT2D eigenvalue weighted by molar-refractivity contribution is 5.81. The number of amides is 8. The van der Waals surface area contributed by atoms with E-state index in [0.29, 0.717) is 100 Å². The van der Waals surface area contributed by atoms with Crippen LogP contribution in [0, 0.1) is 59.2 Å². The van der Waals surface area contributed by atoms with E-state index < -0.39 is 0 Å². The van der Waals surface area contributed by atoms with Gasteiger partial charge in [0.25, 0.3) is 0 Å². The zero-order valence-corrected chi connectivity index (χ0v) is 95.1. The van der Waals surface area contributed by atoms with Crippen molar-refractivity contribution in [2.75, 3.05) is 286 Å². The SMILES string of the molecule is CC(=O)N1CCC(CCC(C)C)CC1.CC(=O)NC1CCCN(C(=O)CN(C)CC(C)C)C1.CC(C)CN(C)CC(=O)N(C)Cc1ccc(OCCCN(C)C)cc1.CC(C)CN(C)CC(=O)N1CC2CCC(C1)O2.CC(C)CN1CCN(C)CC1.CC(C)CN1CCOCC1.CCN(C)C(=O)CN(C)CC(C)C.CCN(CC(=O)NC(C)(C)C)CC(C)C.CCNC(=O)CN(CC)CC(C)C. The number of morpholine rings is 2. The molecule has 6 heterocycles. The van der Waals surface area contributed by atoms with E-state index in [2.05, 4.69) is 225 Å². The van der Waals surface area contributed by atoms with Crippen LogP contribution < -0.4 is 20.7 Å². The predicted octanol–water partition coefficient (Wildman–Crippen LogP) is 12.8. The lowest BCUT2D eigenvalue weighted by Crippen LogP contribution is -2.51. The largest absolute Gasteiger partial charge is 0.494 e. The van der Waals surface area contributed by atoms with Crippen LogP contribution in [0.25, 0.3) is 0 Å². The van der Waals surface area contributed by atoms with Crippen molar-refractivity contribution in [3.63, 3.8) is 0 Å². The number of benzene rings is 1. The van der Waals surface area contributed by atoms with E-state index in [0.717, 1.165) is 205 Å². The van der Waals surface area contributed by atoms with Crippen LogP contribution in [0.5, 0.6) is 5.75 Å². The van der Waals surface area contributed by atoms with Gasteiger partial charge in [0.1, 0.15) is 5.75 Å². The lowest BCUT2D eigenvalue weighted by molar-refractivity contribution is -0.141. The van der Waals surface area contributed by atoms with Crippen molar-refractivity contribution < 1.29 is 52.6 Å². The first-order valence-corrected chi connectivity index (χ1v) is 53.1. The summed E-state index contributed by atoms with van der Waals surface area (Å²) in [6.45, 7) is 88.1. The number of carbonyl (C=O) groups is 8. The van der Waals surface area contributed by atoms with E-state index in [-0.39, 0.29) is 58.8 Å². The monoisotopic (exact) mass is 1940 g/mol. The fourth-order valence-electron chi connectivity index (χ4n) is 17.1. The minimum atomic E-state index is -0.131. The Morgan fingerprint density at radius 1 is 0.467 bits per heavy atom. The molecule has 3 atom stereocenters. The summed E-state index contributed by atoms with van der Waals surface area (Å²) in [5.41, 5.74) is 0.983. The quantitative estimate of drug-likeness (QED) is 0.0514. The molecule has 0 radical (unpaired) electrons. The second-order valence-electron chi connectivity index (χ2n) is 44.7. The highest BCUT2D eigenvalue weighted by atomic mass is 16.5. The lowest BCUT2D eigenvalue weighted by Gasteiger charge is -2.34. The molecule has 7 rings (SSSR count). The fourth-order valence-corrected chi connectivity index (χ4v) is 17.1. The average molecular weight is 1940 g/mol. The number of hydrogen-bond acceptors (Lipinski definition) is 21. The van der Waals surface area contributed by atoms with Gasteiger partial charge in [-0.25, -0.2) is 0 Å². The summed E-state index contributed by atoms with van der Waals surface area (Å²) >= 11 is 0. The van der Waals surface area contributed by atoms with E-state index in [9.17, 15) is 38.4 Å². The van der Waals surface area contributed by atoms with Crippen LogP contribution in [0.2, 0.25) is 0 Å². The lowest BCUT2D eigenvalue weighted by atomic mass is 9.90. The van der Waals surface area contributed by atoms with Crippen molar-refractivity contribution in [1.82, 2.24) is 89.4 Å². The molecular weight excluding hydrogens is 1730 g/mol. The molecule has 2 bridgehead atoms. The first kappa shape index (κ1) is 133. The number of likely N-dealkylation sites (tertiary alicyclic amines) is 3. The molecule has 0 aromatic heterocycles. The fraction of sp³-hybridized carbons (Fsp3) is 0.870. The topological polar surface area (TPSA) is 249 Å². The Balaban J connectivity index is 0. The third kappa shape index (κ3) is 74.8. The van der Waals surface area contributed by atoms with E-state index in [1.54, 1.807) is 16.7 Å². The number of fused-ring (bicyclic) bond motifs is 2. The molecule has 804 valence electrons. The summed E-state index contributed by atoms with van der Waals surface area (Å²) < 4.78 is 16.7. The van der Waals surface area contributed by atoms with Crippen molar-refractivity contribution in [2.45, 2.75) is 275 Å². The van der Waals surface area contributed by atoms with Crippen LogP contribution >= 0.6 is 0 Å². The molecule has 29 nitrogen and oxygen atoms in total. The smallest absolute Gasteiger partial charge is 0.236 e. The first-order valence-electron chi connectivity index (χ1n) is 53.1. The molecule has 3 unspecified atom stereocenters. The number of hydrogen-bond donors (Lipinski definition) is 3. The van der Waals surface area contributed by atoms with Gasteiger partial charge in [-0.15, -0.1) is 0 Å². The van der Waals surface area contributed by atoms with Crippen molar-refractivity contribution in [2.24, 2.45) is 59.2 Å². The van der Waals surface area contributed by atoms with Gasteiger partial charge in [0.05, 0.1) is 71.3 Å². The number of rotatable bonds is 43. The number of piperidine rings is 2. The highest BCUT2D eigenvalue weighted by Gasteiger charge is 2.36. The van der Waals surface area contributed by atoms with E-state index >= 15 is 0 Å². The number of nitrogens with one attached hydrogen (secondary N) is 3. The maximum absolute atomic E-state index is 12.3. The summed E-state index contributed by atoms with van der Waals surface area (Å²) in [5.74, 6) is 8.99. The highest BCUT2D eigenvalue weighted by Crippen LogP contribution is 2.27. The van der Waals surface area contributed by atoms with Gasteiger partial charge in [-0.1, -0.05) is 163 Å². The van der Waals surface area contributed by atoms with Gasteiger partial charge in [0, 0.05) is 197 Å². The molecule has 29 heteroatoms. The normalized spacial score (nSPS) is 17.1. The molecule has 6 fully saturated rings. The van der Waals surface area contributed by atoms with Crippen LogP contribution in [-0.2, 0) is 54.4 Å². The van der Waals surface area contributed by atoms with Gasteiger partial charge in [0.15, 0.2) is 0 Å². The Morgan fingerprint density at radius 3 is 1.31 bits per heavy atom. The van der Waals surface area contributed by atoms with Crippen molar-refractivity contribution in [1.29, 1.82) is 0 Å². The zero-order chi connectivity index (χ0) is 105. The van der Waals surface area contributed by atoms with E-state index in [1.165, 1.54) is 71.9 Å². The van der Waals surface area contributed by atoms with Crippen molar-refractivity contribution in [3.05, 3.63) is 29.8 Å². The second-order valence-corrected chi connectivity index (χ2v) is 44.7. The Morgan fingerprint density at radius 2 is 0.905 bits per heavy atom. The van der Waals surface area contributed by atoms with Gasteiger partial charge < -0.3 is 69.4 Å². The molecule has 8 amide bonds. The van der Waals surface area contributed by atoms with Crippen LogP contribution in [0.3, 0.4) is 0 Å². The van der Waals surface area contributed by atoms with Gasteiger partial charge in [-0.2, -0.15) is 0 Å². The summed E-state index contributed by atoms with van der Waals surface area (Å²) in [4.78, 5) is 125. The summed E-state index contributed by atoms with van der Waals surface area (Å²) in [6.07, 6.45) is 10.9. The Labute approximate surface area is 840 Å². The molecule has 0 aliphatic carbocycles. The van der Waals surface area contributed by atoms with Gasteiger partial charge in [-0.05, 0) is 219 Å². The van der Waals surface area contributed by atoms with Crippen molar-refractivity contribution in [3.8, 4) is 5.75 Å². The minimum Gasteiger partial charge on any atom is -0.494 e. The zero-order valence-electron chi connectivity index (χ0n) is 95.1. The predicted molar refractivity (Wildman–Crippen MR) is 573 cm³/mol. The van der Waals surface area contributed by atoms with Crippen LogP contribution in [-0.4, -0.2) is 431 Å². The minimum absolute atomic E-state index is 0.0174. The summed E-state index contributed by atoms with van der Waals surface area (Å²) in [6, 6.07) is 8.14. The van der Waals surface area contributed by atoms with E-state index in [1.807, 2.05) is 116 Å². The first-order chi connectivity index (χ1) is 64.1. The molecule has 1 aromatic carbocycles. The number of likely N-dealkylation sites (N-methyl/N-ethyl adjacent to an activating group) is 10. The molecule has 3 N–H and O–H groups in total. The maximum atomic E-state index is 12.3. The molecule has 6 aliphatic rings. The Bertz CT molecular complexity index is 3240. The van der Waals surface area contributed by atoms with Gasteiger partial charge in [-0.3, -0.25) is 72.7 Å². The number of ether oxygens (including phenoxy) is 3. The third-order valence-corrected chi connectivity index (χ3v) is 23.5. The average Bonchev–Trinajstić information content (AvgIpc) is 1.69. The van der Waals surface area contributed by atoms with Gasteiger partial charge >= 0.3 is 0 Å². The standard InChI is InChI=1S/C20H35N3O2.C14H27N3O2.C13H24N2O2.C12H26N2O.C12H23NO.2C10H22N2O.C9H20N2.C8H17NO/c1-17(2)14-22(5)16-20(24)23(6)15-18-8-10-19(11-9-18)25-13-7-12-21(3)4;1-11(2)8-16(4)10-14(19)17-7-5-6-13(9-17)15-12(3)18;1-10(2)6-14(3)9-13(16)15-7-11-4-5-12(8-15)17-11;1-7-14(8-10(2)3)9-11(15)13-12(4,5)6;1-10(2)4-5-12-6-8-13(9-7-12)11(3)14;1-6-12(5)10(13)8-11(4)7-9(2)3;1-5-11-10(13)8-12(6-2)7-9(3)4;1-9(2)8-11-6-4-10(3)5-7-11;1-8(2)7-9-3-5-10-6-4-9/h8-11,17H,7,12-16H2,1-6H3;11,13H,5-10H2,1-4H3,(H,15,18);10-12H,4-9H2,1-3H3;10H,7-9H2,1-6H3,(H,13,15);10,12H,4-9H2,1-3H3;9H,6-8H2,1-5H3;9H,5-8H2,1-4H3,(H,11,13);9H,4-8H2,1-3H3;8H,3-7H2,1-2H3.